The number of hydrogen-bond donors (Lipinski definition) is 0. The molecule has 0 aliphatic carbocycles. The average Bonchev–Trinajstić information content (AvgIpc) is 2.71. The zero-order chi connectivity index (χ0) is 21.3. The molecule has 5 nitrogen and oxygen atoms in total. The Morgan fingerprint density at radius 2 is 1.73 bits per heavy atom. The number of ether oxygens (including phenoxy) is 1. The van der Waals surface area contributed by atoms with Crippen LogP contribution in [0.3, 0.4) is 0 Å². The monoisotopic (exact) mass is 427 g/mol. The van der Waals surface area contributed by atoms with Gasteiger partial charge in [-0.1, -0.05) is 50.1 Å². The molecule has 6 heteroatoms. The smallest absolute Gasteiger partial charge is 0.360 e. The maximum absolute atomic E-state index is 12.0. The van der Waals surface area contributed by atoms with Crippen LogP contribution in [-0.4, -0.2) is 29.8 Å². The Kier molecular flexibility index (Phi) is 8.25. The van der Waals surface area contributed by atoms with Crippen LogP contribution in [0.2, 0.25) is 0 Å². The van der Waals surface area contributed by atoms with E-state index in [9.17, 15) is 4.21 Å². The van der Waals surface area contributed by atoms with Crippen LogP contribution in [0, 0.1) is 0 Å². The first-order valence-corrected chi connectivity index (χ1v) is 11.2. The van der Waals surface area contributed by atoms with E-state index in [-0.39, 0.29) is 0 Å². The first kappa shape index (κ1) is 22.3. The molecule has 3 aromatic rings. The van der Waals surface area contributed by atoms with Gasteiger partial charge < -0.3 is 13.8 Å². The fourth-order valence-corrected chi connectivity index (χ4v) is 3.72. The Morgan fingerprint density at radius 3 is 2.53 bits per heavy atom. The molecule has 0 N–H and O–H groups in total. The van der Waals surface area contributed by atoms with Crippen molar-refractivity contribution in [1.82, 2.24) is 4.90 Å². The van der Waals surface area contributed by atoms with E-state index in [1.54, 1.807) is 18.2 Å². The van der Waals surface area contributed by atoms with Crippen molar-refractivity contribution in [2.75, 3.05) is 20.7 Å². The SMILES string of the molecule is CCCCCOS(=O)Oc1cccc(Oc2cccc3cc(CN(C)C)ccc23)c1. The second kappa shape index (κ2) is 11.1. The zero-order valence-corrected chi connectivity index (χ0v) is 18.6. The van der Waals surface area contributed by atoms with E-state index in [4.69, 9.17) is 13.1 Å². The second-order valence-corrected chi connectivity index (χ2v) is 8.25. The van der Waals surface area contributed by atoms with Gasteiger partial charge in [-0.2, -0.15) is 4.21 Å². The molecule has 0 amide bonds. The third-order valence-corrected chi connectivity index (χ3v) is 5.22. The van der Waals surface area contributed by atoms with Crippen LogP contribution in [0.1, 0.15) is 31.7 Å². The van der Waals surface area contributed by atoms with E-state index in [1.807, 2.05) is 18.2 Å². The first-order valence-electron chi connectivity index (χ1n) is 10.2. The maximum atomic E-state index is 12.0. The van der Waals surface area contributed by atoms with Gasteiger partial charge in [0.25, 0.3) is 0 Å². The van der Waals surface area contributed by atoms with E-state index in [0.717, 1.165) is 42.3 Å². The second-order valence-electron chi connectivity index (χ2n) is 7.44. The van der Waals surface area contributed by atoms with Crippen LogP contribution in [0.4, 0.5) is 0 Å². The summed E-state index contributed by atoms with van der Waals surface area (Å²) in [6.45, 7) is 3.41. The van der Waals surface area contributed by atoms with Crippen molar-refractivity contribution in [3.8, 4) is 17.2 Å². The topological polar surface area (TPSA) is 48.0 Å². The number of hydrogen-bond acceptors (Lipinski definition) is 5. The summed E-state index contributed by atoms with van der Waals surface area (Å²) in [4.78, 5) is 2.14. The summed E-state index contributed by atoms with van der Waals surface area (Å²) in [5, 5.41) is 2.16. The van der Waals surface area contributed by atoms with Crippen molar-refractivity contribution in [1.29, 1.82) is 0 Å². The summed E-state index contributed by atoms with van der Waals surface area (Å²) < 4.78 is 28.7. The Morgan fingerprint density at radius 1 is 0.933 bits per heavy atom. The maximum Gasteiger partial charge on any atom is 0.360 e. The lowest BCUT2D eigenvalue weighted by atomic mass is 10.1. The number of unbranched alkanes of at least 4 members (excludes halogenated alkanes) is 2. The van der Waals surface area contributed by atoms with Gasteiger partial charge in [-0.05, 0) is 55.7 Å². The van der Waals surface area contributed by atoms with Crippen molar-refractivity contribution < 1.29 is 17.3 Å². The summed E-state index contributed by atoms with van der Waals surface area (Å²) in [5.74, 6) is 1.81. The van der Waals surface area contributed by atoms with Crippen LogP contribution in [0.25, 0.3) is 10.8 Å². The van der Waals surface area contributed by atoms with E-state index in [2.05, 4.69) is 50.2 Å². The molecule has 0 saturated carbocycles. The fourth-order valence-electron chi connectivity index (χ4n) is 3.15. The molecular weight excluding hydrogens is 398 g/mol. The van der Waals surface area contributed by atoms with Gasteiger partial charge in [0.05, 0.1) is 6.61 Å². The minimum absolute atomic E-state index is 0.419. The average molecular weight is 428 g/mol. The molecule has 0 aliphatic rings. The number of benzene rings is 3. The summed E-state index contributed by atoms with van der Waals surface area (Å²) in [5.41, 5.74) is 1.25. The van der Waals surface area contributed by atoms with E-state index < -0.39 is 11.4 Å². The van der Waals surface area contributed by atoms with Crippen LogP contribution >= 0.6 is 0 Å². The lowest BCUT2D eigenvalue weighted by molar-refractivity contribution is 0.301. The predicted molar refractivity (Wildman–Crippen MR) is 122 cm³/mol. The molecule has 1 unspecified atom stereocenters. The van der Waals surface area contributed by atoms with Crippen molar-refractivity contribution in [2.45, 2.75) is 32.7 Å². The van der Waals surface area contributed by atoms with Gasteiger partial charge in [-0.15, -0.1) is 0 Å². The van der Waals surface area contributed by atoms with Crippen molar-refractivity contribution >= 4 is 22.1 Å². The van der Waals surface area contributed by atoms with Crippen molar-refractivity contribution in [2.24, 2.45) is 0 Å². The highest BCUT2D eigenvalue weighted by molar-refractivity contribution is 7.75. The summed E-state index contributed by atoms with van der Waals surface area (Å²) in [6, 6.07) is 19.5. The van der Waals surface area contributed by atoms with Gasteiger partial charge in [0.2, 0.25) is 0 Å². The van der Waals surface area contributed by atoms with E-state index >= 15 is 0 Å². The first-order chi connectivity index (χ1) is 14.5. The molecule has 0 saturated heterocycles. The van der Waals surface area contributed by atoms with Gasteiger partial charge in [-0.25, -0.2) is 0 Å². The molecule has 0 aliphatic heterocycles. The largest absolute Gasteiger partial charge is 0.457 e. The molecule has 0 spiro atoms. The Bertz CT molecular complexity index is 990. The minimum atomic E-state index is -1.82. The molecule has 3 aromatic carbocycles. The number of fused-ring (bicyclic) bond motifs is 1. The molecule has 0 heterocycles. The molecule has 160 valence electrons. The third-order valence-electron chi connectivity index (χ3n) is 4.53. The fraction of sp³-hybridized carbons (Fsp3) is 0.333. The van der Waals surface area contributed by atoms with E-state index in [1.165, 1.54) is 5.56 Å². The Labute approximate surface area is 181 Å². The van der Waals surface area contributed by atoms with Crippen LogP contribution < -0.4 is 8.92 Å². The van der Waals surface area contributed by atoms with Crippen LogP contribution in [0.15, 0.2) is 60.7 Å². The summed E-state index contributed by atoms with van der Waals surface area (Å²) >= 11 is -1.82. The Hall–Kier alpha value is -2.41. The van der Waals surface area contributed by atoms with Gasteiger partial charge in [0.1, 0.15) is 17.2 Å². The van der Waals surface area contributed by atoms with Crippen molar-refractivity contribution in [3.63, 3.8) is 0 Å². The van der Waals surface area contributed by atoms with Crippen molar-refractivity contribution in [3.05, 3.63) is 66.2 Å². The highest BCUT2D eigenvalue weighted by atomic mass is 32.2. The molecule has 30 heavy (non-hydrogen) atoms. The predicted octanol–water partition coefficient (Wildman–Crippen LogP) is 5.86. The van der Waals surface area contributed by atoms with Crippen LogP contribution in [0.5, 0.6) is 17.2 Å². The summed E-state index contributed by atoms with van der Waals surface area (Å²) in [7, 11) is 4.12. The quantitative estimate of drug-likeness (QED) is 0.359. The molecule has 0 aromatic heterocycles. The lowest BCUT2D eigenvalue weighted by Gasteiger charge is -2.13. The minimum Gasteiger partial charge on any atom is -0.457 e. The third kappa shape index (κ3) is 6.55. The molecule has 0 fully saturated rings. The standard InChI is InChI=1S/C24H29NO4S/c1-4-5-6-15-27-30(26)29-22-11-8-10-21(17-22)28-24-12-7-9-20-16-19(18-25(2)3)13-14-23(20)24/h7-14,16-17H,4-6,15,18H2,1-3H3. The number of nitrogens with zero attached hydrogens (tertiary/aromatic N) is 1. The molecule has 0 bridgehead atoms. The Balaban J connectivity index is 1.70. The van der Waals surface area contributed by atoms with E-state index in [0.29, 0.717) is 18.1 Å². The molecule has 0 radical (unpaired) electrons. The highest BCUT2D eigenvalue weighted by Gasteiger charge is 2.08. The molecule has 3 rings (SSSR count). The molecule has 1 atom stereocenters. The number of rotatable bonds is 11. The van der Waals surface area contributed by atoms with Crippen LogP contribution in [-0.2, 0) is 22.1 Å². The molecular formula is C24H29NO4S. The van der Waals surface area contributed by atoms with Gasteiger partial charge in [0.15, 0.2) is 0 Å². The lowest BCUT2D eigenvalue weighted by Crippen LogP contribution is -2.10. The van der Waals surface area contributed by atoms with Gasteiger partial charge >= 0.3 is 11.4 Å². The van der Waals surface area contributed by atoms with Gasteiger partial charge in [-0.3, -0.25) is 4.18 Å². The normalized spacial score (nSPS) is 12.3. The highest BCUT2D eigenvalue weighted by Crippen LogP contribution is 2.32. The summed E-state index contributed by atoms with van der Waals surface area (Å²) in [6.07, 6.45) is 3.00. The van der Waals surface area contributed by atoms with Gasteiger partial charge in [0, 0.05) is 18.0 Å². The zero-order valence-electron chi connectivity index (χ0n) is 17.8.